The number of hydrogen-bond donors (Lipinski definition) is 0. The summed E-state index contributed by atoms with van der Waals surface area (Å²) in [5.74, 6) is 0.507. The van der Waals surface area contributed by atoms with Crippen LogP contribution in [0.25, 0.3) is 0 Å². The quantitative estimate of drug-likeness (QED) is 0.497. The molecule has 19 heavy (non-hydrogen) atoms. The van der Waals surface area contributed by atoms with Crippen molar-refractivity contribution in [2.75, 3.05) is 23.4 Å². The Kier molecular flexibility index (Phi) is 7.36. The highest BCUT2D eigenvalue weighted by Crippen LogP contribution is 2.20. The van der Waals surface area contributed by atoms with Gasteiger partial charge in [0.2, 0.25) is 5.91 Å². The normalized spacial score (nSPS) is 21.5. The van der Waals surface area contributed by atoms with Crippen molar-refractivity contribution in [1.82, 2.24) is 4.90 Å². The number of unbranched alkanes of at least 4 members (excludes halogenated alkanes) is 2. The van der Waals surface area contributed by atoms with E-state index in [0.29, 0.717) is 19.4 Å². The monoisotopic (exact) mass is 353 g/mol. The Hall–Kier alpha value is -0.100. The van der Waals surface area contributed by atoms with Crippen LogP contribution in [0.3, 0.4) is 0 Å². The van der Waals surface area contributed by atoms with Gasteiger partial charge in [-0.1, -0.05) is 29.3 Å². The van der Waals surface area contributed by atoms with Crippen LogP contribution in [0.1, 0.15) is 45.4 Å². The summed E-state index contributed by atoms with van der Waals surface area (Å²) in [6.45, 7) is 2.78. The molecule has 1 amide bonds. The zero-order valence-corrected chi connectivity index (χ0v) is 14.0. The minimum absolute atomic E-state index is 0.0898. The van der Waals surface area contributed by atoms with Gasteiger partial charge in [-0.2, -0.15) is 0 Å². The minimum Gasteiger partial charge on any atom is -0.339 e. The van der Waals surface area contributed by atoms with Crippen molar-refractivity contribution in [3.63, 3.8) is 0 Å². The van der Waals surface area contributed by atoms with Crippen LogP contribution < -0.4 is 0 Å². The van der Waals surface area contributed by atoms with Crippen molar-refractivity contribution < 1.29 is 13.2 Å². The van der Waals surface area contributed by atoms with Gasteiger partial charge in [0.1, 0.15) is 0 Å². The lowest BCUT2D eigenvalue weighted by Gasteiger charge is -2.28. The van der Waals surface area contributed by atoms with E-state index in [9.17, 15) is 13.2 Å². The van der Waals surface area contributed by atoms with Gasteiger partial charge >= 0.3 is 0 Å². The number of rotatable bonds is 8. The molecule has 0 aliphatic carbocycles. The van der Waals surface area contributed by atoms with E-state index in [2.05, 4.69) is 22.9 Å². The number of amides is 1. The molecule has 1 unspecified atom stereocenters. The van der Waals surface area contributed by atoms with Crippen molar-refractivity contribution in [2.24, 2.45) is 0 Å². The van der Waals surface area contributed by atoms with Crippen LogP contribution in [0.15, 0.2) is 0 Å². The van der Waals surface area contributed by atoms with Crippen LogP contribution in [-0.4, -0.2) is 48.6 Å². The molecular formula is C13H24BrNO3S. The molecule has 1 atom stereocenters. The van der Waals surface area contributed by atoms with E-state index in [-0.39, 0.29) is 23.5 Å². The Morgan fingerprint density at radius 2 is 2.05 bits per heavy atom. The van der Waals surface area contributed by atoms with E-state index in [0.717, 1.165) is 31.0 Å². The molecule has 1 aliphatic heterocycles. The Labute approximate surface area is 125 Å². The molecule has 1 rings (SSSR count). The summed E-state index contributed by atoms with van der Waals surface area (Å²) in [6, 6.07) is -0.0898. The SMILES string of the molecule is CCCCN(C(=O)CCCCBr)C1CCS(=O)(=O)C1. The molecule has 1 fully saturated rings. The van der Waals surface area contributed by atoms with Crippen molar-refractivity contribution in [3.05, 3.63) is 0 Å². The minimum atomic E-state index is -2.93. The first kappa shape index (κ1) is 17.0. The molecule has 112 valence electrons. The Morgan fingerprint density at radius 3 is 2.58 bits per heavy atom. The van der Waals surface area contributed by atoms with Gasteiger partial charge in [-0.15, -0.1) is 0 Å². The van der Waals surface area contributed by atoms with Crippen molar-refractivity contribution in [1.29, 1.82) is 0 Å². The van der Waals surface area contributed by atoms with E-state index in [1.54, 1.807) is 0 Å². The van der Waals surface area contributed by atoms with Crippen LogP contribution in [0.5, 0.6) is 0 Å². The average Bonchev–Trinajstić information content (AvgIpc) is 2.70. The highest BCUT2D eigenvalue weighted by atomic mass is 79.9. The first-order chi connectivity index (χ1) is 9.00. The number of hydrogen-bond acceptors (Lipinski definition) is 3. The number of sulfone groups is 1. The Balaban J connectivity index is 2.58. The summed E-state index contributed by atoms with van der Waals surface area (Å²) in [7, 11) is -2.93. The van der Waals surface area contributed by atoms with Gasteiger partial charge in [0.05, 0.1) is 11.5 Å². The topological polar surface area (TPSA) is 54.5 Å². The predicted octanol–water partition coefficient (Wildman–Crippen LogP) is 2.37. The maximum Gasteiger partial charge on any atom is 0.222 e. The van der Waals surface area contributed by atoms with Crippen LogP contribution in [0, 0.1) is 0 Å². The summed E-state index contributed by atoms with van der Waals surface area (Å²) in [6.07, 6.45) is 4.95. The molecule has 0 aromatic carbocycles. The van der Waals surface area contributed by atoms with Gasteiger partial charge in [-0.25, -0.2) is 8.42 Å². The van der Waals surface area contributed by atoms with E-state index in [1.165, 1.54) is 0 Å². The third-order valence-corrected chi connectivity index (χ3v) is 5.81. The lowest BCUT2D eigenvalue weighted by molar-refractivity contribution is -0.133. The first-order valence-electron chi connectivity index (χ1n) is 7.06. The van der Waals surface area contributed by atoms with Crippen LogP contribution in [0.4, 0.5) is 0 Å². The van der Waals surface area contributed by atoms with Crippen molar-refractivity contribution in [2.45, 2.75) is 51.5 Å². The van der Waals surface area contributed by atoms with E-state index in [4.69, 9.17) is 0 Å². The maximum atomic E-state index is 12.2. The number of carbonyl (C=O) groups is 1. The highest BCUT2D eigenvalue weighted by molar-refractivity contribution is 9.09. The smallest absolute Gasteiger partial charge is 0.222 e. The fourth-order valence-corrected chi connectivity index (χ4v) is 4.50. The van der Waals surface area contributed by atoms with Gasteiger partial charge in [-0.3, -0.25) is 4.79 Å². The summed E-state index contributed by atoms with van der Waals surface area (Å²) < 4.78 is 23.1. The molecular weight excluding hydrogens is 330 g/mol. The second-order valence-electron chi connectivity index (χ2n) is 5.14. The molecule has 0 aromatic rings. The summed E-state index contributed by atoms with van der Waals surface area (Å²) in [5.41, 5.74) is 0. The number of alkyl halides is 1. The average molecular weight is 354 g/mol. The molecule has 1 heterocycles. The predicted molar refractivity (Wildman–Crippen MR) is 81.3 cm³/mol. The maximum absolute atomic E-state index is 12.2. The molecule has 4 nitrogen and oxygen atoms in total. The summed E-state index contributed by atoms with van der Waals surface area (Å²) in [4.78, 5) is 14.1. The lowest BCUT2D eigenvalue weighted by atomic mass is 10.1. The molecule has 1 aliphatic rings. The fourth-order valence-electron chi connectivity index (χ4n) is 2.37. The second-order valence-corrected chi connectivity index (χ2v) is 8.17. The number of nitrogens with zero attached hydrogens (tertiary/aromatic N) is 1. The fraction of sp³-hybridized carbons (Fsp3) is 0.923. The zero-order chi connectivity index (χ0) is 14.3. The third-order valence-electron chi connectivity index (χ3n) is 3.50. The first-order valence-corrected chi connectivity index (χ1v) is 10.0. The Bertz CT molecular complexity index is 383. The summed E-state index contributed by atoms with van der Waals surface area (Å²) >= 11 is 3.36. The van der Waals surface area contributed by atoms with Crippen LogP contribution >= 0.6 is 15.9 Å². The molecule has 0 bridgehead atoms. The molecule has 6 heteroatoms. The largest absolute Gasteiger partial charge is 0.339 e. The molecule has 0 spiro atoms. The van der Waals surface area contributed by atoms with Crippen molar-refractivity contribution in [3.8, 4) is 0 Å². The lowest BCUT2D eigenvalue weighted by Crippen LogP contribution is -2.41. The van der Waals surface area contributed by atoms with Gasteiger partial charge in [0.25, 0.3) is 0 Å². The number of carbonyl (C=O) groups excluding carboxylic acids is 1. The van der Waals surface area contributed by atoms with Gasteiger partial charge in [0, 0.05) is 24.3 Å². The molecule has 0 N–H and O–H groups in total. The molecule has 0 saturated carbocycles. The van der Waals surface area contributed by atoms with Crippen molar-refractivity contribution >= 4 is 31.7 Å². The van der Waals surface area contributed by atoms with E-state index >= 15 is 0 Å². The van der Waals surface area contributed by atoms with Crippen LogP contribution in [-0.2, 0) is 14.6 Å². The zero-order valence-electron chi connectivity index (χ0n) is 11.6. The number of halogens is 1. The Morgan fingerprint density at radius 1 is 1.32 bits per heavy atom. The summed E-state index contributed by atoms with van der Waals surface area (Å²) in [5, 5.41) is 0.910. The standard InChI is InChI=1S/C13H24BrNO3S/c1-2-3-9-15(13(16)6-4-5-8-14)12-7-10-19(17,18)11-12/h12H,2-11H2,1H3. The third kappa shape index (κ3) is 5.81. The second kappa shape index (κ2) is 8.25. The van der Waals surface area contributed by atoms with Crippen LogP contribution in [0.2, 0.25) is 0 Å². The molecule has 0 radical (unpaired) electrons. The van der Waals surface area contributed by atoms with Gasteiger partial charge in [-0.05, 0) is 25.7 Å². The molecule has 1 saturated heterocycles. The highest BCUT2D eigenvalue weighted by Gasteiger charge is 2.33. The molecule has 0 aromatic heterocycles. The van der Waals surface area contributed by atoms with Gasteiger partial charge < -0.3 is 4.90 Å². The van der Waals surface area contributed by atoms with E-state index < -0.39 is 9.84 Å². The van der Waals surface area contributed by atoms with Gasteiger partial charge in [0.15, 0.2) is 9.84 Å². The van der Waals surface area contributed by atoms with E-state index in [1.807, 2.05) is 4.90 Å².